The highest BCUT2D eigenvalue weighted by atomic mass is 32.1. The Morgan fingerprint density at radius 3 is 2.94 bits per heavy atom. The van der Waals surface area contributed by atoms with Gasteiger partial charge in [-0.2, -0.15) is 0 Å². The normalized spacial score (nSPS) is 20.1. The molecule has 16 heavy (non-hydrogen) atoms. The number of carboxylic acid groups (broad SMARTS) is 1. The van der Waals surface area contributed by atoms with E-state index in [9.17, 15) is 9.59 Å². The molecule has 1 amide bonds. The van der Waals surface area contributed by atoms with Crippen LogP contribution in [0.25, 0.3) is 0 Å². The van der Waals surface area contributed by atoms with Gasteiger partial charge in [-0.3, -0.25) is 4.79 Å². The Morgan fingerprint density at radius 2 is 2.38 bits per heavy atom. The predicted octanol–water partition coefficient (Wildman–Crippen LogP) is 1.14. The summed E-state index contributed by atoms with van der Waals surface area (Å²) < 4.78 is 0. The second kappa shape index (κ2) is 4.21. The van der Waals surface area contributed by atoms with Crippen LogP contribution in [0.3, 0.4) is 0 Å². The lowest BCUT2D eigenvalue weighted by atomic mass is 10.2. The van der Waals surface area contributed by atoms with Gasteiger partial charge >= 0.3 is 5.97 Å². The van der Waals surface area contributed by atoms with E-state index in [-0.39, 0.29) is 5.91 Å². The fraction of sp³-hybridized carbons (Fsp3) is 0.500. The third-order valence-corrected chi connectivity index (χ3v) is 3.53. The van der Waals surface area contributed by atoms with Gasteiger partial charge in [0, 0.05) is 6.54 Å². The Kier molecular flexibility index (Phi) is 2.91. The lowest BCUT2D eigenvalue weighted by molar-refractivity contribution is -0.141. The first-order valence-electron chi connectivity index (χ1n) is 5.06. The Balaban J connectivity index is 2.18. The van der Waals surface area contributed by atoms with Gasteiger partial charge in [0.1, 0.15) is 10.9 Å². The number of amides is 1. The van der Waals surface area contributed by atoms with Gasteiger partial charge in [-0.1, -0.05) is 0 Å². The molecule has 0 saturated carbocycles. The second-order valence-electron chi connectivity index (χ2n) is 3.74. The molecule has 0 aromatic carbocycles. The lowest BCUT2D eigenvalue weighted by Crippen LogP contribution is -2.40. The predicted molar refractivity (Wildman–Crippen MR) is 58.5 cm³/mol. The number of aliphatic carboxylic acids is 1. The number of aromatic nitrogens is 1. The molecular formula is C10H12N2O3S. The monoisotopic (exact) mass is 240 g/mol. The number of carbonyl (C=O) groups is 2. The van der Waals surface area contributed by atoms with E-state index in [1.807, 2.05) is 6.92 Å². The summed E-state index contributed by atoms with van der Waals surface area (Å²) in [4.78, 5) is 28.9. The van der Waals surface area contributed by atoms with Crippen LogP contribution in [0.4, 0.5) is 0 Å². The van der Waals surface area contributed by atoms with Crippen LogP contribution in [0.5, 0.6) is 0 Å². The van der Waals surface area contributed by atoms with Crippen molar-refractivity contribution in [3.63, 3.8) is 0 Å². The van der Waals surface area contributed by atoms with Crippen LogP contribution in [0.2, 0.25) is 0 Å². The van der Waals surface area contributed by atoms with Crippen LogP contribution in [0.1, 0.15) is 27.5 Å². The van der Waals surface area contributed by atoms with Crippen LogP contribution in [-0.2, 0) is 4.79 Å². The van der Waals surface area contributed by atoms with Gasteiger partial charge in [-0.05, 0) is 19.8 Å². The van der Waals surface area contributed by atoms with Gasteiger partial charge < -0.3 is 10.0 Å². The molecule has 1 N–H and O–H groups in total. The smallest absolute Gasteiger partial charge is 0.326 e. The minimum atomic E-state index is -0.924. The molecule has 0 unspecified atom stereocenters. The number of nitrogens with zero attached hydrogens (tertiary/aromatic N) is 2. The Labute approximate surface area is 96.7 Å². The largest absolute Gasteiger partial charge is 0.480 e. The van der Waals surface area contributed by atoms with Crippen LogP contribution in [-0.4, -0.2) is 39.5 Å². The molecule has 0 spiro atoms. The number of hydrogen-bond acceptors (Lipinski definition) is 4. The maximum absolute atomic E-state index is 12.0. The van der Waals surface area contributed by atoms with Crippen LogP contribution in [0.15, 0.2) is 6.20 Å². The van der Waals surface area contributed by atoms with Crippen molar-refractivity contribution in [3.8, 4) is 0 Å². The molecule has 5 nitrogen and oxygen atoms in total. The van der Waals surface area contributed by atoms with E-state index >= 15 is 0 Å². The molecule has 6 heteroatoms. The molecule has 1 aromatic rings. The fourth-order valence-electron chi connectivity index (χ4n) is 1.87. The highest BCUT2D eigenvalue weighted by Crippen LogP contribution is 2.22. The SMILES string of the molecule is Cc1ncc(C(=O)N2CCC[C@H]2C(=O)O)s1. The van der Waals surface area contributed by atoms with Gasteiger partial charge in [0.2, 0.25) is 0 Å². The van der Waals surface area contributed by atoms with E-state index in [2.05, 4.69) is 4.98 Å². The third-order valence-electron chi connectivity index (χ3n) is 2.63. The van der Waals surface area contributed by atoms with Crippen LogP contribution < -0.4 is 0 Å². The summed E-state index contributed by atoms with van der Waals surface area (Å²) in [7, 11) is 0. The van der Waals surface area contributed by atoms with Crippen molar-refractivity contribution in [1.82, 2.24) is 9.88 Å². The summed E-state index contributed by atoms with van der Waals surface area (Å²) >= 11 is 1.30. The number of thiazole rings is 1. The molecule has 1 saturated heterocycles. The van der Waals surface area contributed by atoms with Crippen molar-refractivity contribution in [1.29, 1.82) is 0 Å². The van der Waals surface area contributed by atoms with Crippen molar-refractivity contribution >= 4 is 23.2 Å². The van der Waals surface area contributed by atoms with Gasteiger partial charge in [-0.15, -0.1) is 11.3 Å². The molecule has 1 aliphatic rings. The average Bonchev–Trinajstić information content (AvgIpc) is 2.84. The lowest BCUT2D eigenvalue weighted by Gasteiger charge is -2.20. The number of hydrogen-bond donors (Lipinski definition) is 1. The first-order chi connectivity index (χ1) is 7.59. The van der Waals surface area contributed by atoms with Crippen molar-refractivity contribution in [3.05, 3.63) is 16.1 Å². The molecule has 1 aliphatic heterocycles. The van der Waals surface area contributed by atoms with E-state index in [1.54, 1.807) is 0 Å². The quantitative estimate of drug-likeness (QED) is 0.841. The van der Waals surface area contributed by atoms with E-state index in [4.69, 9.17) is 5.11 Å². The summed E-state index contributed by atoms with van der Waals surface area (Å²) in [6.45, 7) is 2.34. The highest BCUT2D eigenvalue weighted by Gasteiger charge is 2.34. The van der Waals surface area contributed by atoms with E-state index in [0.717, 1.165) is 11.4 Å². The Hall–Kier alpha value is -1.43. The standard InChI is InChI=1S/C10H12N2O3S/c1-6-11-5-8(16-6)9(13)12-4-2-3-7(12)10(14)15/h5,7H,2-4H2,1H3,(H,14,15)/t7-/m0/s1. The van der Waals surface area contributed by atoms with Crippen molar-refractivity contribution in [2.24, 2.45) is 0 Å². The molecule has 0 radical (unpaired) electrons. The summed E-state index contributed by atoms with van der Waals surface area (Å²) in [5, 5.41) is 9.79. The van der Waals surface area contributed by atoms with Crippen molar-refractivity contribution < 1.29 is 14.7 Å². The van der Waals surface area contributed by atoms with Gasteiger partial charge in [0.25, 0.3) is 5.91 Å². The third kappa shape index (κ3) is 1.92. The highest BCUT2D eigenvalue weighted by molar-refractivity contribution is 7.13. The molecule has 0 bridgehead atoms. The maximum Gasteiger partial charge on any atom is 0.326 e. The second-order valence-corrected chi connectivity index (χ2v) is 4.97. The zero-order valence-electron chi connectivity index (χ0n) is 8.84. The average molecular weight is 240 g/mol. The number of rotatable bonds is 2. The van der Waals surface area contributed by atoms with Crippen LogP contribution >= 0.6 is 11.3 Å². The molecule has 1 fully saturated rings. The van der Waals surface area contributed by atoms with Gasteiger partial charge in [0.05, 0.1) is 11.2 Å². The number of aryl methyl sites for hydroxylation is 1. The Bertz CT molecular complexity index is 429. The summed E-state index contributed by atoms with van der Waals surface area (Å²) in [6, 6.07) is -0.671. The van der Waals surface area contributed by atoms with E-state index in [0.29, 0.717) is 17.8 Å². The first-order valence-corrected chi connectivity index (χ1v) is 5.87. The number of carbonyl (C=O) groups excluding carboxylic acids is 1. The van der Waals surface area contributed by atoms with Crippen LogP contribution in [0, 0.1) is 6.92 Å². The number of carboxylic acids is 1. The van der Waals surface area contributed by atoms with E-state index < -0.39 is 12.0 Å². The minimum Gasteiger partial charge on any atom is -0.480 e. The van der Waals surface area contributed by atoms with Gasteiger partial charge in [-0.25, -0.2) is 9.78 Å². The summed E-state index contributed by atoms with van der Waals surface area (Å²) in [5.41, 5.74) is 0. The molecule has 1 aromatic heterocycles. The summed E-state index contributed by atoms with van der Waals surface area (Å²) in [6.07, 6.45) is 2.80. The van der Waals surface area contributed by atoms with E-state index in [1.165, 1.54) is 22.4 Å². The first kappa shape index (κ1) is 11.1. The fourth-order valence-corrected chi connectivity index (χ4v) is 2.60. The van der Waals surface area contributed by atoms with Gasteiger partial charge in [0.15, 0.2) is 0 Å². The molecule has 1 atom stereocenters. The Morgan fingerprint density at radius 1 is 1.62 bits per heavy atom. The van der Waals surface area contributed by atoms with Crippen molar-refractivity contribution in [2.75, 3.05) is 6.54 Å². The summed E-state index contributed by atoms with van der Waals surface area (Å²) in [5.74, 6) is -1.14. The molecule has 2 heterocycles. The molecule has 86 valence electrons. The molecule has 2 rings (SSSR count). The number of likely N-dealkylation sites (tertiary alicyclic amines) is 1. The van der Waals surface area contributed by atoms with Crippen molar-refractivity contribution in [2.45, 2.75) is 25.8 Å². The minimum absolute atomic E-state index is 0.212. The zero-order chi connectivity index (χ0) is 11.7. The zero-order valence-corrected chi connectivity index (χ0v) is 9.66. The maximum atomic E-state index is 12.0. The molecular weight excluding hydrogens is 228 g/mol. The topological polar surface area (TPSA) is 70.5 Å². The molecule has 0 aliphatic carbocycles.